The number of hydrogen-bond acceptors (Lipinski definition) is 2. The number of amides is 1. The molecule has 1 fully saturated rings. The van der Waals surface area contributed by atoms with E-state index >= 15 is 0 Å². The predicted octanol–water partition coefficient (Wildman–Crippen LogP) is 2.44. The van der Waals surface area contributed by atoms with E-state index in [0.717, 1.165) is 23.7 Å². The molecule has 1 aromatic rings. The minimum atomic E-state index is -0.0308. The highest BCUT2D eigenvalue weighted by atomic mass is 79.9. The molecule has 0 aromatic carbocycles. The molecule has 100 valence electrons. The zero-order valence-corrected chi connectivity index (χ0v) is 12.4. The first-order chi connectivity index (χ1) is 8.49. The van der Waals surface area contributed by atoms with Crippen molar-refractivity contribution in [3.05, 3.63) is 22.4 Å². The normalized spacial score (nSPS) is 23.6. The van der Waals surface area contributed by atoms with Gasteiger partial charge < -0.3 is 15.6 Å². The first-order valence-corrected chi connectivity index (χ1v) is 7.22. The standard InChI is InChI=1S/C13H20BrN3O/c1-8(2)17-7-9(14)6-12(17)13(18)16-11-5-3-4-10(11)15/h6-8,10-11H,3-5,15H2,1-2H3,(H,16,18). The molecular weight excluding hydrogens is 294 g/mol. The molecule has 4 nitrogen and oxygen atoms in total. The SMILES string of the molecule is CC(C)n1cc(Br)cc1C(=O)NC1CCCC1N. The first kappa shape index (κ1) is 13.6. The Balaban J connectivity index is 2.13. The van der Waals surface area contributed by atoms with Crippen LogP contribution in [0.3, 0.4) is 0 Å². The molecule has 1 aliphatic rings. The van der Waals surface area contributed by atoms with Crippen molar-refractivity contribution in [2.45, 2.75) is 51.2 Å². The van der Waals surface area contributed by atoms with Gasteiger partial charge in [0, 0.05) is 28.8 Å². The Kier molecular flexibility index (Phi) is 4.12. The summed E-state index contributed by atoms with van der Waals surface area (Å²) in [5, 5.41) is 3.05. The van der Waals surface area contributed by atoms with Crippen molar-refractivity contribution in [3.8, 4) is 0 Å². The Labute approximate surface area is 116 Å². The third-order valence-electron chi connectivity index (χ3n) is 3.49. The number of rotatable bonds is 3. The fourth-order valence-electron chi connectivity index (χ4n) is 2.47. The van der Waals surface area contributed by atoms with E-state index < -0.39 is 0 Å². The maximum atomic E-state index is 12.3. The van der Waals surface area contributed by atoms with Crippen molar-refractivity contribution >= 4 is 21.8 Å². The minimum absolute atomic E-state index is 0.0308. The van der Waals surface area contributed by atoms with Crippen LogP contribution < -0.4 is 11.1 Å². The van der Waals surface area contributed by atoms with Gasteiger partial charge in [0.25, 0.3) is 5.91 Å². The number of carbonyl (C=O) groups is 1. The molecule has 1 amide bonds. The Morgan fingerprint density at radius 3 is 2.83 bits per heavy atom. The average Bonchev–Trinajstić information content (AvgIpc) is 2.86. The summed E-state index contributed by atoms with van der Waals surface area (Å²) in [6.45, 7) is 4.12. The lowest BCUT2D eigenvalue weighted by Crippen LogP contribution is -2.44. The largest absolute Gasteiger partial charge is 0.346 e. The molecule has 2 unspecified atom stereocenters. The lowest BCUT2D eigenvalue weighted by molar-refractivity contribution is 0.0923. The van der Waals surface area contributed by atoms with Gasteiger partial charge in [0.05, 0.1) is 0 Å². The van der Waals surface area contributed by atoms with Crippen LogP contribution in [0.15, 0.2) is 16.7 Å². The van der Waals surface area contributed by atoms with Crippen molar-refractivity contribution in [2.24, 2.45) is 5.73 Å². The van der Waals surface area contributed by atoms with Gasteiger partial charge in [0.1, 0.15) is 5.69 Å². The Morgan fingerprint density at radius 1 is 1.56 bits per heavy atom. The molecule has 18 heavy (non-hydrogen) atoms. The van der Waals surface area contributed by atoms with E-state index in [0.29, 0.717) is 5.69 Å². The van der Waals surface area contributed by atoms with Crippen LogP contribution in [0.25, 0.3) is 0 Å². The average molecular weight is 314 g/mol. The number of nitrogens with zero attached hydrogens (tertiary/aromatic N) is 1. The molecule has 1 heterocycles. The van der Waals surface area contributed by atoms with Gasteiger partial charge in [0.2, 0.25) is 0 Å². The zero-order valence-electron chi connectivity index (χ0n) is 10.8. The van der Waals surface area contributed by atoms with Gasteiger partial charge >= 0.3 is 0 Å². The number of carbonyl (C=O) groups excluding carboxylic acids is 1. The van der Waals surface area contributed by atoms with Crippen molar-refractivity contribution in [3.63, 3.8) is 0 Å². The second kappa shape index (κ2) is 5.45. The fraction of sp³-hybridized carbons (Fsp3) is 0.615. The predicted molar refractivity (Wildman–Crippen MR) is 75.6 cm³/mol. The number of nitrogens with one attached hydrogen (secondary N) is 1. The molecule has 0 bridgehead atoms. The van der Waals surface area contributed by atoms with Crippen LogP contribution in [0.1, 0.15) is 49.6 Å². The van der Waals surface area contributed by atoms with Crippen LogP contribution >= 0.6 is 15.9 Å². The van der Waals surface area contributed by atoms with Crippen molar-refractivity contribution in [1.82, 2.24) is 9.88 Å². The van der Waals surface area contributed by atoms with Crippen LogP contribution in [0.5, 0.6) is 0 Å². The number of halogens is 1. The summed E-state index contributed by atoms with van der Waals surface area (Å²) >= 11 is 3.42. The van der Waals surface area contributed by atoms with E-state index in [1.54, 1.807) is 0 Å². The van der Waals surface area contributed by atoms with Crippen LogP contribution in [0, 0.1) is 0 Å². The highest BCUT2D eigenvalue weighted by Crippen LogP contribution is 2.21. The van der Waals surface area contributed by atoms with E-state index in [1.807, 2.05) is 16.8 Å². The van der Waals surface area contributed by atoms with E-state index in [1.165, 1.54) is 0 Å². The topological polar surface area (TPSA) is 60.0 Å². The van der Waals surface area contributed by atoms with Gasteiger partial charge in [-0.25, -0.2) is 0 Å². The Hall–Kier alpha value is -0.810. The summed E-state index contributed by atoms with van der Waals surface area (Å²) in [7, 11) is 0. The number of nitrogens with two attached hydrogens (primary N) is 1. The third-order valence-corrected chi connectivity index (χ3v) is 3.92. The van der Waals surface area contributed by atoms with Crippen molar-refractivity contribution in [2.75, 3.05) is 0 Å². The van der Waals surface area contributed by atoms with Crippen molar-refractivity contribution < 1.29 is 4.79 Å². The van der Waals surface area contributed by atoms with Crippen LogP contribution in [-0.2, 0) is 0 Å². The smallest absolute Gasteiger partial charge is 0.268 e. The molecule has 0 radical (unpaired) electrons. The summed E-state index contributed by atoms with van der Waals surface area (Å²) in [6, 6.07) is 2.33. The third kappa shape index (κ3) is 2.78. The Morgan fingerprint density at radius 2 is 2.28 bits per heavy atom. The molecule has 5 heteroatoms. The van der Waals surface area contributed by atoms with Gasteiger partial charge in [-0.05, 0) is 55.1 Å². The lowest BCUT2D eigenvalue weighted by Gasteiger charge is -2.19. The molecule has 2 atom stereocenters. The second-order valence-corrected chi connectivity index (χ2v) is 6.13. The van der Waals surface area contributed by atoms with Gasteiger partial charge in [-0.3, -0.25) is 4.79 Å². The summed E-state index contributed by atoms with van der Waals surface area (Å²) in [6.07, 6.45) is 5.02. The highest BCUT2D eigenvalue weighted by Gasteiger charge is 2.26. The maximum absolute atomic E-state index is 12.3. The van der Waals surface area contributed by atoms with Gasteiger partial charge in [0.15, 0.2) is 0 Å². The number of aromatic nitrogens is 1. The molecule has 1 aromatic heterocycles. The lowest BCUT2D eigenvalue weighted by atomic mass is 10.2. The molecule has 0 saturated heterocycles. The van der Waals surface area contributed by atoms with Gasteiger partial charge in [-0.1, -0.05) is 0 Å². The second-order valence-electron chi connectivity index (χ2n) is 5.22. The fourth-order valence-corrected chi connectivity index (χ4v) is 2.90. The van der Waals surface area contributed by atoms with E-state index in [4.69, 9.17) is 5.73 Å². The van der Waals surface area contributed by atoms with Crippen LogP contribution in [0.2, 0.25) is 0 Å². The van der Waals surface area contributed by atoms with E-state index in [2.05, 4.69) is 35.1 Å². The summed E-state index contributed by atoms with van der Waals surface area (Å²) in [5.41, 5.74) is 6.67. The quantitative estimate of drug-likeness (QED) is 0.900. The molecule has 0 aliphatic heterocycles. The first-order valence-electron chi connectivity index (χ1n) is 6.43. The highest BCUT2D eigenvalue weighted by molar-refractivity contribution is 9.10. The van der Waals surface area contributed by atoms with Crippen LogP contribution in [0.4, 0.5) is 0 Å². The molecule has 1 aliphatic carbocycles. The summed E-state index contributed by atoms with van der Waals surface area (Å²) in [4.78, 5) is 12.3. The number of hydrogen-bond donors (Lipinski definition) is 2. The molecule has 2 rings (SSSR count). The molecular formula is C13H20BrN3O. The summed E-state index contributed by atoms with van der Waals surface area (Å²) in [5.74, 6) is -0.0308. The van der Waals surface area contributed by atoms with Crippen LogP contribution in [-0.4, -0.2) is 22.6 Å². The van der Waals surface area contributed by atoms with E-state index in [9.17, 15) is 4.79 Å². The Bertz CT molecular complexity index is 441. The van der Waals surface area contributed by atoms with E-state index in [-0.39, 0.29) is 24.0 Å². The molecule has 3 N–H and O–H groups in total. The maximum Gasteiger partial charge on any atom is 0.268 e. The minimum Gasteiger partial charge on any atom is -0.346 e. The zero-order chi connectivity index (χ0) is 13.3. The van der Waals surface area contributed by atoms with Gasteiger partial charge in [-0.2, -0.15) is 0 Å². The monoisotopic (exact) mass is 313 g/mol. The molecule has 0 spiro atoms. The molecule has 1 saturated carbocycles. The summed E-state index contributed by atoms with van der Waals surface area (Å²) < 4.78 is 2.90. The van der Waals surface area contributed by atoms with Gasteiger partial charge in [-0.15, -0.1) is 0 Å². The van der Waals surface area contributed by atoms with Crippen molar-refractivity contribution in [1.29, 1.82) is 0 Å².